The van der Waals surface area contributed by atoms with Crippen LogP contribution in [0.3, 0.4) is 0 Å². The molecular weight excluding hydrogens is 306 g/mol. The molecule has 3 rings (SSSR count). The van der Waals surface area contributed by atoms with E-state index in [0.717, 1.165) is 22.7 Å². The first-order chi connectivity index (χ1) is 11.6. The van der Waals surface area contributed by atoms with Gasteiger partial charge >= 0.3 is 5.97 Å². The zero-order valence-corrected chi connectivity index (χ0v) is 13.2. The van der Waals surface area contributed by atoms with Gasteiger partial charge in [0.2, 0.25) is 5.76 Å². The van der Waals surface area contributed by atoms with Crippen LogP contribution in [0.5, 0.6) is 11.5 Å². The summed E-state index contributed by atoms with van der Waals surface area (Å²) in [6.07, 6.45) is 0. The Morgan fingerprint density at radius 2 is 1.83 bits per heavy atom. The highest BCUT2D eigenvalue weighted by Gasteiger charge is 2.08. The van der Waals surface area contributed by atoms with Crippen LogP contribution in [0, 0.1) is 6.92 Å². The van der Waals surface area contributed by atoms with Crippen LogP contribution in [0.1, 0.15) is 21.9 Å². The lowest BCUT2D eigenvalue weighted by molar-refractivity contribution is 0.0660. The van der Waals surface area contributed by atoms with Gasteiger partial charge in [-0.15, -0.1) is 0 Å². The fourth-order valence-corrected chi connectivity index (χ4v) is 2.22. The predicted molar refractivity (Wildman–Crippen MR) is 90.7 cm³/mol. The van der Waals surface area contributed by atoms with E-state index in [1.54, 1.807) is 6.07 Å². The minimum atomic E-state index is -1.07. The van der Waals surface area contributed by atoms with Crippen LogP contribution in [0.4, 0.5) is 5.69 Å². The minimum Gasteiger partial charge on any atom is -0.475 e. The zero-order valence-electron chi connectivity index (χ0n) is 13.2. The van der Waals surface area contributed by atoms with Crippen LogP contribution in [-0.2, 0) is 6.54 Å². The first-order valence-electron chi connectivity index (χ1n) is 7.51. The van der Waals surface area contributed by atoms with Crippen molar-refractivity contribution in [1.82, 2.24) is 0 Å². The van der Waals surface area contributed by atoms with Crippen molar-refractivity contribution in [2.75, 3.05) is 5.32 Å². The quantitative estimate of drug-likeness (QED) is 0.688. The molecule has 0 unspecified atom stereocenters. The number of nitrogens with one attached hydrogen (secondary N) is 1. The second kappa shape index (κ2) is 6.91. The Morgan fingerprint density at radius 3 is 2.50 bits per heavy atom. The molecule has 3 aromatic rings. The molecule has 0 saturated carbocycles. The third-order valence-corrected chi connectivity index (χ3v) is 3.51. The van der Waals surface area contributed by atoms with Gasteiger partial charge in [-0.2, -0.15) is 0 Å². The molecule has 5 nitrogen and oxygen atoms in total. The Labute approximate surface area is 139 Å². The van der Waals surface area contributed by atoms with E-state index < -0.39 is 5.97 Å². The van der Waals surface area contributed by atoms with E-state index in [-0.39, 0.29) is 5.76 Å². The first-order valence-corrected chi connectivity index (χ1v) is 7.51. The maximum atomic E-state index is 10.8. The number of aryl methyl sites for hydroxylation is 1. The van der Waals surface area contributed by atoms with Gasteiger partial charge in [-0.25, -0.2) is 4.79 Å². The fraction of sp³-hybridized carbons (Fsp3) is 0.105. The molecule has 0 aliphatic heterocycles. The van der Waals surface area contributed by atoms with Crippen molar-refractivity contribution in [3.05, 3.63) is 77.7 Å². The second-order valence-corrected chi connectivity index (χ2v) is 5.32. The number of rotatable bonds is 6. The number of hydrogen-bond acceptors (Lipinski definition) is 4. The lowest BCUT2D eigenvalue weighted by Gasteiger charge is -2.09. The number of ether oxygens (including phenoxy) is 1. The molecule has 5 heteroatoms. The summed E-state index contributed by atoms with van der Waals surface area (Å²) in [5, 5.41) is 12.0. The largest absolute Gasteiger partial charge is 0.475 e. The summed E-state index contributed by atoms with van der Waals surface area (Å²) in [7, 11) is 0. The van der Waals surface area contributed by atoms with Crippen LogP contribution in [0.25, 0.3) is 0 Å². The molecule has 0 atom stereocenters. The Morgan fingerprint density at radius 1 is 1.08 bits per heavy atom. The van der Waals surface area contributed by atoms with Gasteiger partial charge in [0.25, 0.3) is 0 Å². The minimum absolute atomic E-state index is 0.0613. The molecule has 2 aromatic carbocycles. The highest BCUT2D eigenvalue weighted by atomic mass is 16.5. The molecule has 24 heavy (non-hydrogen) atoms. The number of carboxylic acid groups (broad SMARTS) is 1. The monoisotopic (exact) mass is 323 g/mol. The van der Waals surface area contributed by atoms with Crippen LogP contribution < -0.4 is 10.1 Å². The highest BCUT2D eigenvalue weighted by molar-refractivity contribution is 5.84. The molecule has 0 bridgehead atoms. The maximum absolute atomic E-state index is 10.8. The van der Waals surface area contributed by atoms with E-state index in [4.69, 9.17) is 14.3 Å². The van der Waals surface area contributed by atoms with Gasteiger partial charge in [-0.1, -0.05) is 18.2 Å². The molecule has 122 valence electrons. The number of hydrogen-bond donors (Lipinski definition) is 2. The van der Waals surface area contributed by atoms with Gasteiger partial charge in [-0.05, 0) is 55.0 Å². The SMILES string of the molecule is Cc1ccccc1Oc1ccc(NCc2ccc(C(=O)O)o2)cc1. The maximum Gasteiger partial charge on any atom is 0.371 e. The second-order valence-electron chi connectivity index (χ2n) is 5.32. The van der Waals surface area contributed by atoms with Gasteiger partial charge in [0.15, 0.2) is 0 Å². The highest BCUT2D eigenvalue weighted by Crippen LogP contribution is 2.25. The molecule has 1 aromatic heterocycles. The average molecular weight is 323 g/mol. The molecule has 1 heterocycles. The van der Waals surface area contributed by atoms with E-state index in [1.807, 2.05) is 55.5 Å². The number of anilines is 1. The summed E-state index contributed by atoms with van der Waals surface area (Å²) in [6, 6.07) is 18.5. The number of furan rings is 1. The van der Waals surface area contributed by atoms with Crippen molar-refractivity contribution in [3.8, 4) is 11.5 Å². The van der Waals surface area contributed by atoms with Crippen molar-refractivity contribution >= 4 is 11.7 Å². The molecule has 2 N–H and O–H groups in total. The van der Waals surface area contributed by atoms with Crippen molar-refractivity contribution in [3.63, 3.8) is 0 Å². The molecule has 0 aliphatic rings. The summed E-state index contributed by atoms with van der Waals surface area (Å²) in [5.41, 5.74) is 1.96. The number of para-hydroxylation sites is 1. The van der Waals surface area contributed by atoms with Crippen LogP contribution in [0.2, 0.25) is 0 Å². The lowest BCUT2D eigenvalue weighted by atomic mass is 10.2. The van der Waals surface area contributed by atoms with Gasteiger partial charge in [-0.3, -0.25) is 0 Å². The zero-order chi connectivity index (χ0) is 16.9. The third-order valence-electron chi connectivity index (χ3n) is 3.51. The molecule has 0 radical (unpaired) electrons. The number of aromatic carboxylic acids is 1. The van der Waals surface area contributed by atoms with Crippen molar-refractivity contribution < 1.29 is 19.1 Å². The van der Waals surface area contributed by atoms with Crippen molar-refractivity contribution in [2.45, 2.75) is 13.5 Å². The average Bonchev–Trinajstić information content (AvgIpc) is 3.06. The van der Waals surface area contributed by atoms with E-state index >= 15 is 0 Å². The van der Waals surface area contributed by atoms with Gasteiger partial charge < -0.3 is 19.6 Å². The third kappa shape index (κ3) is 3.76. The van der Waals surface area contributed by atoms with Crippen LogP contribution in [-0.4, -0.2) is 11.1 Å². The summed E-state index contributed by atoms with van der Waals surface area (Å²) in [5.74, 6) is 1.01. The number of benzene rings is 2. The summed E-state index contributed by atoms with van der Waals surface area (Å²) in [4.78, 5) is 10.8. The van der Waals surface area contributed by atoms with Crippen molar-refractivity contribution in [2.24, 2.45) is 0 Å². The Hall–Kier alpha value is -3.21. The Balaban J connectivity index is 1.60. The molecule has 0 fully saturated rings. The summed E-state index contributed by atoms with van der Waals surface area (Å²) >= 11 is 0. The molecular formula is C19H17NO4. The molecule has 0 aliphatic carbocycles. The van der Waals surface area contributed by atoms with Crippen LogP contribution >= 0.6 is 0 Å². The first kappa shape index (κ1) is 15.7. The molecule has 0 saturated heterocycles. The lowest BCUT2D eigenvalue weighted by Crippen LogP contribution is -1.98. The topological polar surface area (TPSA) is 71.7 Å². The molecule has 0 spiro atoms. The van der Waals surface area contributed by atoms with E-state index in [9.17, 15) is 4.79 Å². The van der Waals surface area contributed by atoms with Crippen LogP contribution in [0.15, 0.2) is 65.1 Å². The smallest absolute Gasteiger partial charge is 0.371 e. The number of carboxylic acids is 1. The van der Waals surface area contributed by atoms with Gasteiger partial charge in [0.05, 0.1) is 6.54 Å². The molecule has 0 amide bonds. The number of carbonyl (C=O) groups is 1. The van der Waals surface area contributed by atoms with Gasteiger partial charge in [0, 0.05) is 5.69 Å². The van der Waals surface area contributed by atoms with Crippen molar-refractivity contribution in [1.29, 1.82) is 0 Å². The van der Waals surface area contributed by atoms with E-state index in [0.29, 0.717) is 12.3 Å². The Kier molecular flexibility index (Phi) is 4.52. The van der Waals surface area contributed by atoms with E-state index in [1.165, 1.54) is 6.07 Å². The normalized spacial score (nSPS) is 10.4. The summed E-state index contributed by atoms with van der Waals surface area (Å²) in [6.45, 7) is 2.41. The van der Waals surface area contributed by atoms with Gasteiger partial charge in [0.1, 0.15) is 17.3 Å². The Bertz CT molecular complexity index is 837. The predicted octanol–water partition coefficient (Wildman–Crippen LogP) is 4.69. The van der Waals surface area contributed by atoms with E-state index in [2.05, 4.69) is 5.32 Å². The summed E-state index contributed by atoms with van der Waals surface area (Å²) < 4.78 is 11.0. The fourth-order valence-electron chi connectivity index (χ4n) is 2.22. The standard InChI is InChI=1S/C19H17NO4/c1-13-4-2-3-5-17(13)23-15-8-6-14(7-9-15)20-12-16-10-11-18(24-16)19(21)22/h2-11,20H,12H2,1H3,(H,21,22).